The number of benzene rings is 1. The van der Waals surface area contributed by atoms with E-state index in [1.54, 1.807) is 18.3 Å². The lowest BCUT2D eigenvalue weighted by atomic mass is 10.0. The number of aromatic nitrogens is 2. The molecule has 0 atom stereocenters. The monoisotopic (exact) mass is 356 g/mol. The standard InChI is InChI=1S/C20H24N2O4/c1-11(2)18-17-12-9-16(25-6)15(23)10-14(12)22(13(17)7-8-21-18)19(24)26-20(3,4)5/h7-11,23H,1-6H3. The molecule has 0 saturated heterocycles. The van der Waals surface area contributed by atoms with Gasteiger partial charge in [0.2, 0.25) is 0 Å². The van der Waals surface area contributed by atoms with E-state index >= 15 is 0 Å². The quantitative estimate of drug-likeness (QED) is 0.713. The molecule has 0 spiro atoms. The molecule has 3 aromatic rings. The number of rotatable bonds is 2. The van der Waals surface area contributed by atoms with E-state index in [0.29, 0.717) is 16.8 Å². The van der Waals surface area contributed by atoms with Gasteiger partial charge in [-0.15, -0.1) is 0 Å². The van der Waals surface area contributed by atoms with Crippen LogP contribution in [0.4, 0.5) is 4.79 Å². The lowest BCUT2D eigenvalue weighted by Gasteiger charge is -2.20. The van der Waals surface area contributed by atoms with Crippen LogP contribution in [0.25, 0.3) is 21.8 Å². The molecule has 0 saturated carbocycles. The zero-order valence-corrected chi connectivity index (χ0v) is 16.0. The van der Waals surface area contributed by atoms with Gasteiger partial charge < -0.3 is 14.6 Å². The molecule has 3 rings (SSSR count). The van der Waals surface area contributed by atoms with Gasteiger partial charge in [-0.25, -0.2) is 9.36 Å². The third-order valence-corrected chi connectivity index (χ3v) is 4.13. The summed E-state index contributed by atoms with van der Waals surface area (Å²) in [5.74, 6) is 0.474. The van der Waals surface area contributed by atoms with Crippen LogP contribution in [0.5, 0.6) is 11.5 Å². The van der Waals surface area contributed by atoms with Gasteiger partial charge in [0.1, 0.15) is 5.60 Å². The molecule has 0 aliphatic heterocycles. The van der Waals surface area contributed by atoms with Gasteiger partial charge in [-0.3, -0.25) is 4.98 Å². The number of carbonyl (C=O) groups excluding carboxylic acids is 1. The Balaban J connectivity index is 2.44. The molecule has 0 fully saturated rings. The van der Waals surface area contributed by atoms with Crippen LogP contribution in [0.15, 0.2) is 24.4 Å². The first-order chi connectivity index (χ1) is 12.1. The lowest BCUT2D eigenvalue weighted by molar-refractivity contribution is 0.0551. The minimum Gasteiger partial charge on any atom is -0.504 e. The van der Waals surface area contributed by atoms with Crippen LogP contribution >= 0.6 is 0 Å². The average Bonchev–Trinajstić information content (AvgIpc) is 2.85. The molecule has 0 radical (unpaired) electrons. The SMILES string of the molecule is COc1cc2c3c(C(C)C)nccc3n(C(=O)OC(C)(C)C)c2cc1O. The number of hydrogen-bond donors (Lipinski definition) is 1. The van der Waals surface area contributed by atoms with Crippen LogP contribution < -0.4 is 4.74 Å². The van der Waals surface area contributed by atoms with Gasteiger partial charge in [-0.1, -0.05) is 13.8 Å². The van der Waals surface area contributed by atoms with Gasteiger partial charge in [0, 0.05) is 23.0 Å². The van der Waals surface area contributed by atoms with Crippen molar-refractivity contribution in [1.82, 2.24) is 9.55 Å². The number of aromatic hydroxyl groups is 1. The zero-order chi connectivity index (χ0) is 19.2. The van der Waals surface area contributed by atoms with Crippen molar-refractivity contribution in [3.63, 3.8) is 0 Å². The first kappa shape index (κ1) is 18.0. The van der Waals surface area contributed by atoms with Crippen molar-refractivity contribution in [2.45, 2.75) is 46.1 Å². The highest BCUT2D eigenvalue weighted by Gasteiger charge is 2.25. The molecule has 138 valence electrons. The van der Waals surface area contributed by atoms with Crippen LogP contribution in [-0.2, 0) is 4.74 Å². The summed E-state index contributed by atoms with van der Waals surface area (Å²) in [6, 6.07) is 5.05. The Morgan fingerprint density at radius 1 is 1.23 bits per heavy atom. The minimum atomic E-state index is -0.636. The van der Waals surface area contributed by atoms with E-state index in [4.69, 9.17) is 9.47 Å². The largest absolute Gasteiger partial charge is 0.504 e. The maximum atomic E-state index is 12.9. The van der Waals surface area contributed by atoms with Gasteiger partial charge >= 0.3 is 6.09 Å². The Kier molecular flexibility index (Phi) is 4.30. The van der Waals surface area contributed by atoms with E-state index in [-0.39, 0.29) is 11.7 Å². The number of hydrogen-bond acceptors (Lipinski definition) is 5. The Morgan fingerprint density at radius 3 is 2.50 bits per heavy atom. The Morgan fingerprint density at radius 2 is 1.92 bits per heavy atom. The second-order valence-electron chi connectivity index (χ2n) is 7.60. The van der Waals surface area contributed by atoms with Crippen LogP contribution in [0, 0.1) is 0 Å². The van der Waals surface area contributed by atoms with Gasteiger partial charge in [-0.2, -0.15) is 0 Å². The Bertz CT molecular complexity index is 997. The maximum absolute atomic E-state index is 12.9. The fourth-order valence-corrected chi connectivity index (χ4v) is 3.11. The highest BCUT2D eigenvalue weighted by Crippen LogP contribution is 2.39. The second-order valence-corrected chi connectivity index (χ2v) is 7.60. The number of pyridine rings is 1. The van der Waals surface area contributed by atoms with Crippen LogP contribution in [0.3, 0.4) is 0 Å². The van der Waals surface area contributed by atoms with E-state index in [1.807, 2.05) is 20.8 Å². The van der Waals surface area contributed by atoms with Crippen LogP contribution in [-0.4, -0.2) is 33.5 Å². The molecule has 6 heteroatoms. The summed E-state index contributed by atoms with van der Waals surface area (Å²) in [5, 5.41) is 11.9. The molecule has 2 aromatic heterocycles. The summed E-state index contributed by atoms with van der Waals surface area (Å²) in [6.45, 7) is 9.56. The summed E-state index contributed by atoms with van der Waals surface area (Å²) in [7, 11) is 1.50. The number of phenolic OH excluding ortho intramolecular Hbond substituents is 1. The second kappa shape index (κ2) is 6.20. The molecule has 0 amide bonds. The normalized spacial score (nSPS) is 12.1. The number of nitrogens with zero attached hydrogens (tertiary/aromatic N) is 2. The minimum absolute atomic E-state index is 0.0355. The maximum Gasteiger partial charge on any atom is 0.419 e. The molecule has 1 aromatic carbocycles. The molecule has 6 nitrogen and oxygen atoms in total. The number of carbonyl (C=O) groups is 1. The zero-order valence-electron chi connectivity index (χ0n) is 16.0. The smallest absolute Gasteiger partial charge is 0.419 e. The topological polar surface area (TPSA) is 73.6 Å². The van der Waals surface area contributed by atoms with E-state index in [0.717, 1.165) is 16.5 Å². The fraction of sp³-hybridized carbons (Fsp3) is 0.400. The van der Waals surface area contributed by atoms with Crippen molar-refractivity contribution in [3.05, 3.63) is 30.1 Å². The predicted molar refractivity (Wildman–Crippen MR) is 101 cm³/mol. The number of phenols is 1. The van der Waals surface area contributed by atoms with E-state index in [9.17, 15) is 9.90 Å². The summed E-state index contributed by atoms with van der Waals surface area (Å²) in [5.41, 5.74) is 1.49. The third kappa shape index (κ3) is 2.96. The summed E-state index contributed by atoms with van der Waals surface area (Å²) < 4.78 is 12.3. The van der Waals surface area contributed by atoms with E-state index in [2.05, 4.69) is 18.8 Å². The predicted octanol–water partition coefficient (Wildman–Crippen LogP) is 4.81. The number of ether oxygens (including phenoxy) is 2. The lowest BCUT2D eigenvalue weighted by Crippen LogP contribution is -2.27. The van der Waals surface area contributed by atoms with Gasteiger partial charge in [0.05, 0.1) is 23.8 Å². The van der Waals surface area contributed by atoms with Crippen molar-refractivity contribution >= 4 is 27.9 Å². The first-order valence-electron chi connectivity index (χ1n) is 8.57. The molecule has 0 unspecified atom stereocenters. The first-order valence-corrected chi connectivity index (χ1v) is 8.57. The highest BCUT2D eigenvalue weighted by atomic mass is 16.6. The Hall–Kier alpha value is -2.76. The van der Waals surface area contributed by atoms with Crippen molar-refractivity contribution in [1.29, 1.82) is 0 Å². The third-order valence-electron chi connectivity index (χ3n) is 4.13. The molecule has 1 N–H and O–H groups in total. The van der Waals surface area contributed by atoms with E-state index < -0.39 is 11.7 Å². The van der Waals surface area contributed by atoms with Crippen LogP contribution in [0.2, 0.25) is 0 Å². The van der Waals surface area contributed by atoms with Crippen molar-refractivity contribution in [3.8, 4) is 11.5 Å². The molecular formula is C20H24N2O4. The number of methoxy groups -OCH3 is 1. The van der Waals surface area contributed by atoms with Gasteiger partial charge in [0.25, 0.3) is 0 Å². The molecule has 2 heterocycles. The Labute approximate surface area is 152 Å². The number of fused-ring (bicyclic) bond motifs is 3. The molecular weight excluding hydrogens is 332 g/mol. The van der Waals surface area contributed by atoms with Crippen LogP contribution in [0.1, 0.15) is 46.2 Å². The van der Waals surface area contributed by atoms with E-state index in [1.165, 1.54) is 17.7 Å². The average molecular weight is 356 g/mol. The van der Waals surface area contributed by atoms with Gasteiger partial charge in [-0.05, 0) is 38.8 Å². The fourth-order valence-electron chi connectivity index (χ4n) is 3.11. The summed E-state index contributed by atoms with van der Waals surface area (Å²) >= 11 is 0. The van der Waals surface area contributed by atoms with Gasteiger partial charge in [0.15, 0.2) is 11.5 Å². The van der Waals surface area contributed by atoms with Crippen molar-refractivity contribution in [2.24, 2.45) is 0 Å². The van der Waals surface area contributed by atoms with Crippen molar-refractivity contribution in [2.75, 3.05) is 7.11 Å². The molecule has 0 aliphatic rings. The molecule has 26 heavy (non-hydrogen) atoms. The van der Waals surface area contributed by atoms with Crippen molar-refractivity contribution < 1.29 is 19.4 Å². The molecule has 0 bridgehead atoms. The summed E-state index contributed by atoms with van der Waals surface area (Å²) in [6.07, 6.45) is 1.19. The summed E-state index contributed by atoms with van der Waals surface area (Å²) in [4.78, 5) is 17.4. The highest BCUT2D eigenvalue weighted by molar-refractivity contribution is 6.14. The molecule has 0 aliphatic carbocycles.